The SMILES string of the molecule is Cc1cc(C)cc(C(=O)Nc2cncc(-c3cc(C)cc(C)c3)c2N2CCC(CCN)CC2)c1. The van der Waals surface area contributed by atoms with E-state index < -0.39 is 0 Å². The Morgan fingerprint density at radius 2 is 1.53 bits per heavy atom. The highest BCUT2D eigenvalue weighted by atomic mass is 16.1. The molecule has 0 spiro atoms. The summed E-state index contributed by atoms with van der Waals surface area (Å²) in [6, 6.07) is 12.5. The number of nitrogens with one attached hydrogen (secondary N) is 1. The molecule has 1 aromatic heterocycles. The highest BCUT2D eigenvalue weighted by Crippen LogP contribution is 2.39. The van der Waals surface area contributed by atoms with Crippen LogP contribution in [0, 0.1) is 33.6 Å². The largest absolute Gasteiger partial charge is 0.369 e. The van der Waals surface area contributed by atoms with Gasteiger partial charge < -0.3 is 16.0 Å². The molecule has 0 atom stereocenters. The van der Waals surface area contributed by atoms with Crippen LogP contribution in [0.5, 0.6) is 0 Å². The zero-order chi connectivity index (χ0) is 24.2. The number of carbonyl (C=O) groups excluding carboxylic acids is 1. The molecule has 1 fully saturated rings. The van der Waals surface area contributed by atoms with Crippen LogP contribution in [0.2, 0.25) is 0 Å². The first kappa shape index (κ1) is 24.0. The monoisotopic (exact) mass is 456 g/mol. The second kappa shape index (κ2) is 10.4. The van der Waals surface area contributed by atoms with Gasteiger partial charge in [-0.1, -0.05) is 46.5 Å². The molecule has 4 rings (SSSR count). The Morgan fingerprint density at radius 3 is 2.12 bits per heavy atom. The van der Waals surface area contributed by atoms with Crippen LogP contribution in [0.3, 0.4) is 0 Å². The van der Waals surface area contributed by atoms with Crippen molar-refractivity contribution in [3.63, 3.8) is 0 Å². The Labute approximate surface area is 203 Å². The lowest BCUT2D eigenvalue weighted by Crippen LogP contribution is -2.35. The molecule has 2 heterocycles. The molecule has 1 aliphatic rings. The maximum atomic E-state index is 13.3. The second-order valence-corrected chi connectivity index (χ2v) is 9.80. The van der Waals surface area contributed by atoms with Crippen LogP contribution in [0.1, 0.15) is 51.9 Å². The predicted molar refractivity (Wildman–Crippen MR) is 142 cm³/mol. The minimum absolute atomic E-state index is 0.106. The van der Waals surface area contributed by atoms with Crippen molar-refractivity contribution in [3.05, 3.63) is 76.6 Å². The van der Waals surface area contributed by atoms with Gasteiger partial charge in [-0.3, -0.25) is 9.78 Å². The van der Waals surface area contributed by atoms with E-state index in [0.717, 1.165) is 72.5 Å². The first-order chi connectivity index (χ1) is 16.3. The van der Waals surface area contributed by atoms with E-state index in [4.69, 9.17) is 5.73 Å². The first-order valence-corrected chi connectivity index (χ1v) is 12.3. The fourth-order valence-corrected chi connectivity index (χ4v) is 5.21. The summed E-state index contributed by atoms with van der Waals surface area (Å²) in [5.74, 6) is 0.562. The van der Waals surface area contributed by atoms with E-state index in [2.05, 4.69) is 53.3 Å². The van der Waals surface area contributed by atoms with E-state index in [1.54, 1.807) is 6.20 Å². The van der Waals surface area contributed by atoms with Crippen LogP contribution >= 0.6 is 0 Å². The number of hydrogen-bond acceptors (Lipinski definition) is 4. The zero-order valence-electron chi connectivity index (χ0n) is 20.8. The summed E-state index contributed by atoms with van der Waals surface area (Å²) in [6.07, 6.45) is 7.01. The third-order valence-electron chi connectivity index (χ3n) is 6.69. The van der Waals surface area contributed by atoms with Gasteiger partial charge in [0.2, 0.25) is 0 Å². The number of anilines is 2. The van der Waals surface area contributed by atoms with Crippen LogP contribution in [-0.2, 0) is 0 Å². The van der Waals surface area contributed by atoms with Gasteiger partial charge in [0.1, 0.15) is 0 Å². The molecule has 3 N–H and O–H groups in total. The van der Waals surface area contributed by atoms with Crippen molar-refractivity contribution < 1.29 is 4.79 Å². The van der Waals surface area contributed by atoms with Gasteiger partial charge in [0.25, 0.3) is 5.91 Å². The van der Waals surface area contributed by atoms with Gasteiger partial charge in [-0.2, -0.15) is 0 Å². The van der Waals surface area contributed by atoms with Crippen molar-refractivity contribution in [3.8, 4) is 11.1 Å². The van der Waals surface area contributed by atoms with E-state index in [1.165, 1.54) is 11.1 Å². The lowest BCUT2D eigenvalue weighted by Gasteiger charge is -2.36. The van der Waals surface area contributed by atoms with E-state index in [9.17, 15) is 4.79 Å². The van der Waals surface area contributed by atoms with E-state index in [1.807, 2.05) is 32.2 Å². The molecule has 2 aromatic carbocycles. The number of rotatable bonds is 6. The highest BCUT2D eigenvalue weighted by molar-refractivity contribution is 6.07. The summed E-state index contributed by atoms with van der Waals surface area (Å²) in [6.45, 7) is 10.9. The lowest BCUT2D eigenvalue weighted by atomic mass is 9.92. The number of carbonyl (C=O) groups is 1. The lowest BCUT2D eigenvalue weighted by molar-refractivity contribution is 0.102. The standard InChI is InChI=1S/C29H36N4O/c1-19-11-20(2)14-24(13-19)26-17-31-18-27(28(26)33-9-6-23(5-8-30)7-10-33)32-29(34)25-15-21(3)12-22(4)16-25/h11-18,23H,5-10,30H2,1-4H3,(H,32,34). The number of aryl methyl sites for hydroxylation is 4. The summed E-state index contributed by atoms with van der Waals surface area (Å²) in [7, 11) is 0. The second-order valence-electron chi connectivity index (χ2n) is 9.80. The van der Waals surface area contributed by atoms with Crippen LogP contribution in [-0.4, -0.2) is 30.5 Å². The maximum absolute atomic E-state index is 13.3. The van der Waals surface area contributed by atoms with E-state index >= 15 is 0 Å². The Kier molecular flexibility index (Phi) is 7.32. The molecule has 0 bridgehead atoms. The van der Waals surface area contributed by atoms with Gasteiger partial charge in [-0.05, 0) is 77.1 Å². The van der Waals surface area contributed by atoms with Gasteiger partial charge in [-0.15, -0.1) is 0 Å². The highest BCUT2D eigenvalue weighted by Gasteiger charge is 2.25. The molecule has 0 aliphatic carbocycles. The Hall–Kier alpha value is -3.18. The fourth-order valence-electron chi connectivity index (χ4n) is 5.21. The third kappa shape index (κ3) is 5.48. The van der Waals surface area contributed by atoms with Crippen molar-refractivity contribution in [2.24, 2.45) is 11.7 Å². The average molecular weight is 457 g/mol. The zero-order valence-corrected chi connectivity index (χ0v) is 20.8. The molecule has 1 saturated heterocycles. The minimum Gasteiger partial charge on any atom is -0.369 e. The van der Waals surface area contributed by atoms with Gasteiger partial charge >= 0.3 is 0 Å². The number of pyridine rings is 1. The van der Waals surface area contributed by atoms with E-state index in [0.29, 0.717) is 11.5 Å². The molecule has 0 saturated carbocycles. The fraction of sp³-hybridized carbons (Fsp3) is 0.379. The van der Waals surface area contributed by atoms with Crippen LogP contribution in [0.4, 0.5) is 11.4 Å². The van der Waals surface area contributed by atoms with Crippen molar-refractivity contribution in [2.45, 2.75) is 47.0 Å². The van der Waals surface area contributed by atoms with Crippen LogP contribution < -0.4 is 16.0 Å². The number of piperidine rings is 1. The first-order valence-electron chi connectivity index (χ1n) is 12.3. The smallest absolute Gasteiger partial charge is 0.255 e. The topological polar surface area (TPSA) is 71.2 Å². The number of amides is 1. The molecule has 3 aromatic rings. The predicted octanol–water partition coefficient (Wildman–Crippen LogP) is 5.80. The Bertz CT molecular complexity index is 1140. The molecule has 1 aliphatic heterocycles. The summed E-state index contributed by atoms with van der Waals surface area (Å²) in [5, 5.41) is 3.19. The number of hydrogen-bond donors (Lipinski definition) is 2. The number of benzene rings is 2. The molecular formula is C29H36N4O. The van der Waals surface area contributed by atoms with Crippen LogP contribution in [0.15, 0.2) is 48.8 Å². The van der Waals surface area contributed by atoms with Crippen LogP contribution in [0.25, 0.3) is 11.1 Å². The van der Waals surface area contributed by atoms with Crippen molar-refractivity contribution in [1.82, 2.24) is 4.98 Å². The summed E-state index contributed by atoms with van der Waals surface area (Å²) >= 11 is 0. The molecule has 5 nitrogen and oxygen atoms in total. The van der Waals surface area contributed by atoms with Gasteiger partial charge in [-0.25, -0.2) is 0 Å². The van der Waals surface area contributed by atoms with E-state index in [-0.39, 0.29) is 5.91 Å². The molecule has 178 valence electrons. The average Bonchev–Trinajstić information content (AvgIpc) is 2.78. The van der Waals surface area contributed by atoms with Crippen molar-refractivity contribution in [1.29, 1.82) is 0 Å². The van der Waals surface area contributed by atoms with Crippen molar-refractivity contribution >= 4 is 17.3 Å². The summed E-state index contributed by atoms with van der Waals surface area (Å²) in [4.78, 5) is 20.2. The molecule has 0 unspecified atom stereocenters. The Balaban J connectivity index is 1.74. The third-order valence-corrected chi connectivity index (χ3v) is 6.69. The molecule has 34 heavy (non-hydrogen) atoms. The Morgan fingerprint density at radius 1 is 0.941 bits per heavy atom. The maximum Gasteiger partial charge on any atom is 0.255 e. The quantitative estimate of drug-likeness (QED) is 0.492. The molecule has 1 amide bonds. The summed E-state index contributed by atoms with van der Waals surface area (Å²) in [5.41, 5.74) is 15.1. The summed E-state index contributed by atoms with van der Waals surface area (Å²) < 4.78 is 0. The van der Waals surface area contributed by atoms with Gasteiger partial charge in [0.05, 0.1) is 17.6 Å². The normalized spacial score (nSPS) is 14.3. The van der Waals surface area contributed by atoms with Gasteiger partial charge in [0.15, 0.2) is 0 Å². The minimum atomic E-state index is -0.106. The molecule has 5 heteroatoms. The van der Waals surface area contributed by atoms with Crippen molar-refractivity contribution in [2.75, 3.05) is 29.9 Å². The molecule has 0 radical (unpaired) electrons. The number of aromatic nitrogens is 1. The molecular weight excluding hydrogens is 420 g/mol. The number of nitrogens with two attached hydrogens (primary N) is 1. The number of nitrogens with zero attached hydrogens (tertiary/aromatic N) is 2. The van der Waals surface area contributed by atoms with Gasteiger partial charge in [0, 0.05) is 30.4 Å².